The van der Waals surface area contributed by atoms with Gasteiger partial charge in [-0.3, -0.25) is 4.79 Å². The molecule has 3 rings (SSSR count). The van der Waals surface area contributed by atoms with Gasteiger partial charge in [-0.05, 0) is 37.0 Å². The summed E-state index contributed by atoms with van der Waals surface area (Å²) in [5.41, 5.74) is 0.584. The van der Waals surface area contributed by atoms with Crippen LogP contribution in [0.5, 0.6) is 0 Å². The normalized spacial score (nSPS) is 25.4. The number of sulfonamides is 1. The summed E-state index contributed by atoms with van der Waals surface area (Å²) in [4.78, 5) is 12.6. The van der Waals surface area contributed by atoms with Crippen molar-refractivity contribution in [3.63, 3.8) is 0 Å². The molecule has 1 amide bonds. The average molecular weight is 340 g/mol. The van der Waals surface area contributed by atoms with Crippen molar-refractivity contribution in [2.45, 2.75) is 48.4 Å². The van der Waals surface area contributed by atoms with E-state index in [-0.39, 0.29) is 16.8 Å². The van der Waals surface area contributed by atoms with E-state index in [9.17, 15) is 13.2 Å². The zero-order valence-electron chi connectivity index (χ0n) is 12.5. The Morgan fingerprint density at radius 2 is 2.05 bits per heavy atom. The predicted molar refractivity (Wildman–Crippen MR) is 87.5 cm³/mol. The molecule has 1 aliphatic carbocycles. The van der Waals surface area contributed by atoms with E-state index in [0.717, 1.165) is 24.2 Å². The summed E-state index contributed by atoms with van der Waals surface area (Å²) in [5.74, 6) is 0.633. The maximum Gasteiger partial charge on any atom is 0.240 e. The van der Waals surface area contributed by atoms with Gasteiger partial charge in [-0.1, -0.05) is 19.8 Å². The number of rotatable bonds is 3. The van der Waals surface area contributed by atoms with Gasteiger partial charge < -0.3 is 5.32 Å². The van der Waals surface area contributed by atoms with Crippen molar-refractivity contribution < 1.29 is 13.2 Å². The molecule has 0 unspecified atom stereocenters. The van der Waals surface area contributed by atoms with Crippen molar-refractivity contribution in [2.24, 2.45) is 5.92 Å². The van der Waals surface area contributed by atoms with Crippen molar-refractivity contribution in [2.75, 3.05) is 11.1 Å². The van der Waals surface area contributed by atoms with Gasteiger partial charge in [0, 0.05) is 10.9 Å². The molecule has 0 radical (unpaired) electrons. The number of carbonyl (C=O) groups is 1. The lowest BCUT2D eigenvalue weighted by molar-refractivity contribution is -0.113. The van der Waals surface area contributed by atoms with Gasteiger partial charge in [-0.2, -0.15) is 0 Å². The van der Waals surface area contributed by atoms with Crippen LogP contribution in [0, 0.1) is 5.92 Å². The van der Waals surface area contributed by atoms with Gasteiger partial charge in [0.2, 0.25) is 15.9 Å². The first-order chi connectivity index (χ1) is 10.5. The SMILES string of the molecule is C[C@H]1CCCC[C@H]1NS(=O)(=O)c1ccc2c(c1)NC(=O)CS2. The van der Waals surface area contributed by atoms with Crippen LogP contribution in [-0.2, 0) is 14.8 Å². The molecule has 0 aromatic heterocycles. The van der Waals surface area contributed by atoms with Crippen LogP contribution in [0.15, 0.2) is 28.0 Å². The van der Waals surface area contributed by atoms with Crippen LogP contribution >= 0.6 is 11.8 Å². The first kappa shape index (κ1) is 15.8. The van der Waals surface area contributed by atoms with Gasteiger partial charge in [-0.15, -0.1) is 11.8 Å². The van der Waals surface area contributed by atoms with E-state index in [4.69, 9.17) is 0 Å². The molecule has 0 saturated heterocycles. The quantitative estimate of drug-likeness (QED) is 0.887. The van der Waals surface area contributed by atoms with Gasteiger partial charge in [0.25, 0.3) is 0 Å². The van der Waals surface area contributed by atoms with E-state index in [0.29, 0.717) is 17.4 Å². The third-order valence-corrected chi connectivity index (χ3v) is 6.87. The second-order valence-electron chi connectivity index (χ2n) is 5.98. The Hall–Kier alpha value is -1.05. The Kier molecular flexibility index (Phi) is 4.47. The lowest BCUT2D eigenvalue weighted by Gasteiger charge is -2.29. The third kappa shape index (κ3) is 3.31. The minimum absolute atomic E-state index is 0.00116. The number of benzene rings is 1. The summed E-state index contributed by atoms with van der Waals surface area (Å²) in [6.45, 7) is 2.09. The predicted octanol–water partition coefficient (Wildman–Crippen LogP) is 2.59. The number of amides is 1. The highest BCUT2D eigenvalue weighted by molar-refractivity contribution is 8.00. The fourth-order valence-electron chi connectivity index (χ4n) is 2.99. The molecule has 22 heavy (non-hydrogen) atoms. The molecule has 2 aliphatic rings. The summed E-state index contributed by atoms with van der Waals surface area (Å²) in [7, 11) is -3.55. The molecule has 1 aromatic carbocycles. The molecule has 0 bridgehead atoms. The summed E-state index contributed by atoms with van der Waals surface area (Å²) in [5, 5.41) is 2.73. The Bertz CT molecular complexity index is 688. The molecule has 2 N–H and O–H groups in total. The topological polar surface area (TPSA) is 75.3 Å². The van der Waals surface area contributed by atoms with Crippen LogP contribution in [0.3, 0.4) is 0 Å². The summed E-state index contributed by atoms with van der Waals surface area (Å²) < 4.78 is 28.0. The van der Waals surface area contributed by atoms with Crippen LogP contribution in [0.2, 0.25) is 0 Å². The largest absolute Gasteiger partial charge is 0.324 e. The number of anilines is 1. The van der Waals surface area contributed by atoms with Crippen molar-refractivity contribution in [1.82, 2.24) is 4.72 Å². The molecule has 7 heteroatoms. The standard InChI is InChI=1S/C15H20N2O3S2/c1-10-4-2-3-5-12(10)17-22(19,20)11-6-7-14-13(8-11)16-15(18)9-21-14/h6-8,10,12,17H,2-5,9H2,1H3,(H,16,18)/t10-,12+/m0/s1. The monoisotopic (exact) mass is 340 g/mol. The second-order valence-corrected chi connectivity index (χ2v) is 8.72. The van der Waals surface area contributed by atoms with Crippen molar-refractivity contribution in [1.29, 1.82) is 0 Å². The van der Waals surface area contributed by atoms with E-state index in [2.05, 4.69) is 17.0 Å². The molecule has 1 fully saturated rings. The van der Waals surface area contributed by atoms with Crippen LogP contribution in [0.25, 0.3) is 0 Å². The first-order valence-corrected chi connectivity index (χ1v) is 10.0. The first-order valence-electron chi connectivity index (χ1n) is 7.55. The van der Waals surface area contributed by atoms with Crippen LogP contribution in [-0.4, -0.2) is 26.1 Å². The Morgan fingerprint density at radius 3 is 2.82 bits per heavy atom. The van der Waals surface area contributed by atoms with Crippen LogP contribution in [0.1, 0.15) is 32.6 Å². The summed E-state index contributed by atoms with van der Waals surface area (Å²) in [6, 6.07) is 4.92. The van der Waals surface area contributed by atoms with E-state index < -0.39 is 10.0 Å². The van der Waals surface area contributed by atoms with Gasteiger partial charge in [0.15, 0.2) is 0 Å². The van der Waals surface area contributed by atoms with Crippen LogP contribution in [0.4, 0.5) is 5.69 Å². The summed E-state index contributed by atoms with van der Waals surface area (Å²) >= 11 is 1.42. The number of thioether (sulfide) groups is 1. The maximum absolute atomic E-state index is 12.6. The fraction of sp³-hybridized carbons (Fsp3) is 0.533. The number of nitrogens with one attached hydrogen (secondary N) is 2. The van der Waals surface area contributed by atoms with E-state index in [1.165, 1.54) is 18.2 Å². The molecule has 0 spiro atoms. The van der Waals surface area contributed by atoms with Gasteiger partial charge in [0.1, 0.15) is 0 Å². The molecule has 1 aliphatic heterocycles. The molecular weight excluding hydrogens is 320 g/mol. The highest BCUT2D eigenvalue weighted by Gasteiger charge is 2.27. The molecule has 1 aromatic rings. The molecule has 5 nitrogen and oxygen atoms in total. The average Bonchev–Trinajstić information content (AvgIpc) is 2.48. The van der Waals surface area contributed by atoms with Crippen molar-refractivity contribution in [3.8, 4) is 0 Å². The fourth-order valence-corrected chi connectivity index (χ4v) is 5.18. The second kappa shape index (κ2) is 6.22. The lowest BCUT2D eigenvalue weighted by atomic mass is 9.87. The Balaban J connectivity index is 1.83. The summed E-state index contributed by atoms with van der Waals surface area (Å²) in [6.07, 6.45) is 4.18. The van der Waals surface area contributed by atoms with E-state index in [1.807, 2.05) is 0 Å². The third-order valence-electron chi connectivity index (χ3n) is 4.31. The zero-order valence-corrected chi connectivity index (χ0v) is 14.1. The van der Waals surface area contributed by atoms with Crippen molar-refractivity contribution in [3.05, 3.63) is 18.2 Å². The zero-order chi connectivity index (χ0) is 15.7. The number of hydrogen-bond donors (Lipinski definition) is 2. The lowest BCUT2D eigenvalue weighted by Crippen LogP contribution is -2.41. The van der Waals surface area contributed by atoms with Crippen LogP contribution < -0.4 is 10.0 Å². The number of fused-ring (bicyclic) bond motifs is 1. The Labute approximate surface area is 135 Å². The molecule has 1 saturated carbocycles. The molecule has 2 atom stereocenters. The molecule has 1 heterocycles. The Morgan fingerprint density at radius 1 is 1.27 bits per heavy atom. The van der Waals surface area contributed by atoms with Gasteiger partial charge in [-0.25, -0.2) is 13.1 Å². The number of hydrogen-bond acceptors (Lipinski definition) is 4. The smallest absolute Gasteiger partial charge is 0.240 e. The van der Waals surface area contributed by atoms with E-state index >= 15 is 0 Å². The minimum Gasteiger partial charge on any atom is -0.324 e. The molecule has 120 valence electrons. The van der Waals surface area contributed by atoms with Gasteiger partial charge in [0.05, 0.1) is 16.3 Å². The minimum atomic E-state index is -3.55. The van der Waals surface area contributed by atoms with Gasteiger partial charge >= 0.3 is 0 Å². The van der Waals surface area contributed by atoms with Crippen molar-refractivity contribution >= 4 is 33.4 Å². The highest BCUT2D eigenvalue weighted by atomic mass is 32.2. The maximum atomic E-state index is 12.6. The van der Waals surface area contributed by atoms with E-state index in [1.54, 1.807) is 18.2 Å². The highest BCUT2D eigenvalue weighted by Crippen LogP contribution is 2.33. The number of carbonyl (C=O) groups excluding carboxylic acids is 1. The molecular formula is C15H20N2O3S2.